The van der Waals surface area contributed by atoms with Gasteiger partial charge >= 0.3 is 0 Å². The molecule has 2 saturated heterocycles. The first-order valence-electron chi connectivity index (χ1n) is 19.2. The third-order valence-corrected chi connectivity index (χ3v) is 11.3. The molecule has 3 aliphatic rings. The molecule has 0 amide bonds. The number of hydrogen-bond acceptors (Lipinski definition) is 4. The van der Waals surface area contributed by atoms with Crippen LogP contribution in [0.1, 0.15) is 104 Å². The van der Waals surface area contributed by atoms with E-state index < -0.39 is 0 Å². The molecular weight excluding hydrogens is 641 g/mol. The molecule has 1 unspecified atom stereocenters. The molecule has 1 saturated carbocycles. The van der Waals surface area contributed by atoms with Crippen LogP contribution in [0, 0.1) is 11.8 Å². The first kappa shape index (κ1) is 39.4. The van der Waals surface area contributed by atoms with Crippen molar-refractivity contribution in [3.05, 3.63) is 78.9 Å². The minimum absolute atomic E-state index is 0.690. The van der Waals surface area contributed by atoms with E-state index >= 15 is 0 Å². The number of aliphatic hydroxyl groups is 2. The van der Waals surface area contributed by atoms with Crippen molar-refractivity contribution in [3.63, 3.8) is 0 Å². The zero-order valence-electron chi connectivity index (χ0n) is 30.6. The van der Waals surface area contributed by atoms with Crippen LogP contribution in [0.2, 0.25) is 0 Å². The second-order valence-electron chi connectivity index (χ2n) is 14.0. The minimum atomic E-state index is 0.690. The van der Waals surface area contributed by atoms with Crippen LogP contribution < -0.4 is 9.47 Å². The molecule has 268 valence electrons. The van der Waals surface area contributed by atoms with Crippen LogP contribution in [-0.2, 0) is 0 Å². The molecule has 1 atom stereocenters. The van der Waals surface area contributed by atoms with Crippen molar-refractivity contribution in [1.29, 1.82) is 0 Å². The lowest BCUT2D eigenvalue weighted by molar-refractivity contribution is -0.0805. The summed E-state index contributed by atoms with van der Waals surface area (Å²) in [4.78, 5) is 0.999. The van der Waals surface area contributed by atoms with Crippen LogP contribution in [0.25, 0.3) is 21.5 Å². The van der Waals surface area contributed by atoms with E-state index in [1.54, 1.807) is 0 Å². The molecule has 0 spiro atoms. The molecule has 4 aromatic carbocycles. The highest BCUT2D eigenvalue weighted by Gasteiger charge is 2.23. The highest BCUT2D eigenvalue weighted by molar-refractivity contribution is 7.99. The maximum Gasteiger partial charge on any atom is 0.157 e. The SMILES string of the molecule is C1CCSC1.CC(C)C1CCC[OH+]1.CCCCOc1ccc(S)c2ccccc12.c1ccc2c(OCCC3CCCCCC3)cccc2c1. The van der Waals surface area contributed by atoms with Crippen LogP contribution >= 0.6 is 24.4 Å². The lowest BCUT2D eigenvalue weighted by Crippen LogP contribution is -2.16. The second-order valence-corrected chi connectivity index (χ2v) is 15.7. The second kappa shape index (κ2) is 23.2. The predicted octanol–water partition coefficient (Wildman–Crippen LogP) is 12.7. The highest BCUT2D eigenvalue weighted by Crippen LogP contribution is 2.31. The van der Waals surface area contributed by atoms with Crippen molar-refractivity contribution < 1.29 is 14.2 Å². The number of fused-ring (bicyclic) bond motifs is 2. The maximum absolute atomic E-state index is 6.06. The van der Waals surface area contributed by atoms with E-state index in [-0.39, 0.29) is 0 Å². The van der Waals surface area contributed by atoms with Crippen molar-refractivity contribution in [2.75, 3.05) is 31.3 Å². The summed E-state index contributed by atoms with van der Waals surface area (Å²) >= 11 is 6.53. The number of rotatable bonds is 9. The van der Waals surface area contributed by atoms with Gasteiger partial charge in [-0.25, -0.2) is 0 Å². The number of unbranched alkanes of at least 4 members (excludes halogenated alkanes) is 1. The summed E-state index contributed by atoms with van der Waals surface area (Å²) in [5.74, 6) is 6.49. The Morgan fingerprint density at radius 1 is 0.694 bits per heavy atom. The fraction of sp³-hybridized carbons (Fsp3) is 0.545. The predicted molar refractivity (Wildman–Crippen MR) is 218 cm³/mol. The Balaban J connectivity index is 0.000000165. The molecule has 5 heteroatoms. The molecule has 2 heterocycles. The number of benzene rings is 4. The molecule has 2 aliphatic heterocycles. The average molecular weight is 704 g/mol. The van der Waals surface area contributed by atoms with Crippen molar-refractivity contribution in [2.24, 2.45) is 11.8 Å². The Morgan fingerprint density at radius 3 is 1.98 bits per heavy atom. The van der Waals surface area contributed by atoms with Gasteiger partial charge in [-0.2, -0.15) is 11.8 Å². The Labute approximate surface area is 307 Å². The first-order chi connectivity index (χ1) is 24.1. The number of hydrogen-bond donors (Lipinski definition) is 1. The standard InChI is InChI=1S/C19H24O.C14H16OS.C7H14O.C4H8S/c1-2-4-9-16(8-3-1)14-15-20-19-13-7-11-17-10-5-6-12-18(17)19;1-2-3-10-15-13-8-9-14(16)12-7-5-4-6-11(12)13;1-6(2)7-4-3-5-8-7;1-2-4-5-3-1/h5-7,10-13,16H,1-4,8-9,14-15H2;4-9,16H,2-3,10H2,1H3;6-7H,3-5H2,1-2H3;1-4H2/p+1. The van der Waals surface area contributed by atoms with E-state index in [4.69, 9.17) is 9.47 Å². The molecule has 0 bridgehead atoms. The number of thioether (sulfide) groups is 1. The smallest absolute Gasteiger partial charge is 0.157 e. The Morgan fingerprint density at radius 2 is 1.35 bits per heavy atom. The van der Waals surface area contributed by atoms with Crippen LogP contribution in [-0.4, -0.2) is 42.2 Å². The monoisotopic (exact) mass is 703 g/mol. The molecule has 49 heavy (non-hydrogen) atoms. The third kappa shape index (κ3) is 14.1. The van der Waals surface area contributed by atoms with Gasteiger partial charge in [-0.15, -0.1) is 12.6 Å². The molecular formula is C44H63O3S2+. The van der Waals surface area contributed by atoms with Crippen LogP contribution in [0.4, 0.5) is 0 Å². The summed E-state index contributed by atoms with van der Waals surface area (Å²) in [7, 11) is 0. The van der Waals surface area contributed by atoms with Crippen LogP contribution in [0.3, 0.4) is 0 Å². The van der Waals surface area contributed by atoms with Gasteiger partial charge in [-0.05, 0) is 72.1 Å². The Hall–Kier alpha value is -2.34. The molecule has 7 rings (SSSR count). The fourth-order valence-electron chi connectivity index (χ4n) is 6.72. The summed E-state index contributed by atoms with van der Waals surface area (Å²) < 4.78 is 16.3. The molecule has 1 N–H and O–H groups in total. The largest absolute Gasteiger partial charge is 0.493 e. The zero-order chi connectivity index (χ0) is 34.5. The van der Waals surface area contributed by atoms with Gasteiger partial charge in [0, 0.05) is 34.4 Å². The van der Waals surface area contributed by atoms with Gasteiger partial charge in [0.25, 0.3) is 0 Å². The molecule has 0 radical (unpaired) electrons. The van der Waals surface area contributed by atoms with Crippen molar-refractivity contribution in [1.82, 2.24) is 0 Å². The Bertz CT molecular complexity index is 1440. The third-order valence-electron chi connectivity index (χ3n) is 9.74. The van der Waals surface area contributed by atoms with Gasteiger partial charge in [0.05, 0.1) is 13.2 Å². The summed E-state index contributed by atoms with van der Waals surface area (Å²) in [6.45, 7) is 9.42. The van der Waals surface area contributed by atoms with Crippen LogP contribution in [0.15, 0.2) is 83.8 Å². The van der Waals surface area contributed by atoms with Gasteiger partial charge in [-0.3, -0.25) is 0 Å². The zero-order valence-corrected chi connectivity index (χ0v) is 32.3. The summed E-state index contributed by atoms with van der Waals surface area (Å²) in [5.41, 5.74) is 0. The summed E-state index contributed by atoms with van der Waals surface area (Å²) in [6.07, 6.45) is 18.2. The van der Waals surface area contributed by atoms with Gasteiger partial charge in [0.1, 0.15) is 18.1 Å². The van der Waals surface area contributed by atoms with Crippen LogP contribution in [0.5, 0.6) is 11.5 Å². The fourth-order valence-corrected chi connectivity index (χ4v) is 8.01. The van der Waals surface area contributed by atoms with Crippen molar-refractivity contribution in [3.8, 4) is 11.5 Å². The van der Waals surface area contributed by atoms with E-state index in [1.807, 2.05) is 24.3 Å². The number of thiol groups is 1. The van der Waals surface area contributed by atoms with Gasteiger partial charge in [0.2, 0.25) is 0 Å². The van der Waals surface area contributed by atoms with E-state index in [9.17, 15) is 0 Å². The summed E-state index contributed by atoms with van der Waals surface area (Å²) in [6, 6.07) is 27.0. The van der Waals surface area contributed by atoms with E-state index in [0.29, 0.717) is 6.10 Å². The summed E-state index contributed by atoms with van der Waals surface area (Å²) in [5, 5.41) is 4.79. The van der Waals surface area contributed by atoms with E-state index in [0.717, 1.165) is 71.7 Å². The maximum atomic E-state index is 6.06. The van der Waals surface area contributed by atoms with Gasteiger partial charge in [0.15, 0.2) is 6.10 Å². The van der Waals surface area contributed by atoms with Gasteiger partial charge < -0.3 is 14.2 Å². The molecule has 3 nitrogen and oxygen atoms in total. The molecule has 0 aromatic heterocycles. The molecule has 4 aromatic rings. The normalized spacial score (nSPS) is 17.7. The van der Waals surface area contributed by atoms with Gasteiger partial charge in [-0.1, -0.05) is 126 Å². The van der Waals surface area contributed by atoms with Crippen molar-refractivity contribution >= 4 is 45.9 Å². The lowest BCUT2D eigenvalue weighted by Gasteiger charge is -2.15. The van der Waals surface area contributed by atoms with Crippen molar-refractivity contribution in [2.45, 2.75) is 115 Å². The average Bonchev–Trinajstić information content (AvgIpc) is 3.86. The Kier molecular flexibility index (Phi) is 18.7. The quantitative estimate of drug-likeness (QED) is 0.0815. The first-order valence-corrected chi connectivity index (χ1v) is 20.9. The molecule has 1 aliphatic carbocycles. The molecule has 3 fully saturated rings. The lowest BCUT2D eigenvalue weighted by atomic mass is 9.97. The number of ether oxygens (including phenoxy) is 3. The highest BCUT2D eigenvalue weighted by atomic mass is 32.2. The minimum Gasteiger partial charge on any atom is -0.493 e. The van der Waals surface area contributed by atoms with E-state index in [1.165, 1.54) is 92.9 Å². The van der Waals surface area contributed by atoms with E-state index in [2.05, 4.69) is 104 Å². The topological polar surface area (TPSA) is 31.3 Å².